The average Bonchev–Trinajstić information content (AvgIpc) is 2.74. The van der Waals surface area contributed by atoms with E-state index in [1.807, 2.05) is 0 Å². The van der Waals surface area contributed by atoms with Crippen molar-refractivity contribution in [2.24, 2.45) is 5.92 Å². The van der Waals surface area contributed by atoms with Gasteiger partial charge in [-0.1, -0.05) is 12.8 Å². The van der Waals surface area contributed by atoms with Crippen molar-refractivity contribution in [3.63, 3.8) is 0 Å². The van der Waals surface area contributed by atoms with E-state index in [0.29, 0.717) is 5.78 Å². The molecule has 2 saturated carbocycles. The fraction of sp³-hybridized carbons (Fsp3) is 0.929. The summed E-state index contributed by atoms with van der Waals surface area (Å²) in [7, 11) is 0. The molecular formula is C14H23NO. The Morgan fingerprint density at radius 3 is 2.50 bits per heavy atom. The summed E-state index contributed by atoms with van der Waals surface area (Å²) in [6.45, 7) is 1.31. The lowest BCUT2D eigenvalue weighted by Gasteiger charge is -2.38. The lowest BCUT2D eigenvalue weighted by atomic mass is 9.84. The standard InChI is InChI=1S/C14H23NO/c16-13-7-5-12(6-8-13)15-10-9-11-3-1-2-4-14(11)15/h11-12,14H,1-10H2. The van der Waals surface area contributed by atoms with Crippen molar-refractivity contribution in [3.05, 3.63) is 0 Å². The number of hydrogen-bond donors (Lipinski definition) is 0. The Hall–Kier alpha value is -0.370. The minimum absolute atomic E-state index is 0.496. The predicted molar refractivity (Wildman–Crippen MR) is 64.3 cm³/mol. The third kappa shape index (κ3) is 1.92. The van der Waals surface area contributed by atoms with Gasteiger partial charge in [0.1, 0.15) is 5.78 Å². The normalized spacial score (nSPS) is 37.6. The van der Waals surface area contributed by atoms with Crippen LogP contribution in [0, 0.1) is 5.92 Å². The molecular weight excluding hydrogens is 198 g/mol. The van der Waals surface area contributed by atoms with Crippen LogP contribution in [0.3, 0.4) is 0 Å². The number of likely N-dealkylation sites (tertiary alicyclic amines) is 1. The van der Waals surface area contributed by atoms with Crippen molar-refractivity contribution in [1.29, 1.82) is 0 Å². The Balaban J connectivity index is 1.64. The van der Waals surface area contributed by atoms with Crippen LogP contribution in [0.5, 0.6) is 0 Å². The Morgan fingerprint density at radius 2 is 1.69 bits per heavy atom. The lowest BCUT2D eigenvalue weighted by Crippen LogP contribution is -2.43. The molecule has 0 amide bonds. The molecule has 0 radical (unpaired) electrons. The van der Waals surface area contributed by atoms with Crippen molar-refractivity contribution in [2.45, 2.75) is 69.9 Å². The summed E-state index contributed by atoms with van der Waals surface area (Å²) in [5.74, 6) is 1.49. The van der Waals surface area contributed by atoms with E-state index in [4.69, 9.17) is 0 Å². The number of carbonyl (C=O) groups excluding carboxylic acids is 1. The zero-order valence-electron chi connectivity index (χ0n) is 10.2. The first-order valence-corrected chi connectivity index (χ1v) is 7.12. The van der Waals surface area contributed by atoms with Gasteiger partial charge in [-0.3, -0.25) is 9.69 Å². The fourth-order valence-electron chi connectivity index (χ4n) is 4.15. The number of hydrogen-bond acceptors (Lipinski definition) is 2. The van der Waals surface area contributed by atoms with Gasteiger partial charge in [0, 0.05) is 24.9 Å². The molecule has 3 fully saturated rings. The molecule has 2 aliphatic carbocycles. The van der Waals surface area contributed by atoms with E-state index in [9.17, 15) is 4.79 Å². The van der Waals surface area contributed by atoms with E-state index in [0.717, 1.165) is 43.7 Å². The lowest BCUT2D eigenvalue weighted by molar-refractivity contribution is -0.121. The minimum atomic E-state index is 0.496. The first-order chi connectivity index (χ1) is 7.84. The Kier molecular flexibility index (Phi) is 3.01. The highest BCUT2D eigenvalue weighted by atomic mass is 16.1. The molecule has 16 heavy (non-hydrogen) atoms. The molecule has 3 rings (SSSR count). The molecule has 1 aliphatic heterocycles. The van der Waals surface area contributed by atoms with E-state index in [1.54, 1.807) is 0 Å². The van der Waals surface area contributed by atoms with Crippen LogP contribution in [0.15, 0.2) is 0 Å². The first kappa shape index (κ1) is 10.8. The maximum absolute atomic E-state index is 11.3. The Labute approximate surface area is 98.4 Å². The zero-order valence-corrected chi connectivity index (χ0v) is 10.2. The van der Waals surface area contributed by atoms with Crippen molar-refractivity contribution in [2.75, 3.05) is 6.54 Å². The number of nitrogens with zero attached hydrogens (tertiary/aromatic N) is 1. The number of rotatable bonds is 1. The number of Topliss-reactive ketones (excluding diaryl/α,β-unsaturated/α-hetero) is 1. The quantitative estimate of drug-likeness (QED) is 0.678. The van der Waals surface area contributed by atoms with Crippen LogP contribution in [0.2, 0.25) is 0 Å². The van der Waals surface area contributed by atoms with Gasteiger partial charge in [-0.25, -0.2) is 0 Å². The topological polar surface area (TPSA) is 20.3 Å². The molecule has 0 aromatic heterocycles. The van der Waals surface area contributed by atoms with Crippen molar-refractivity contribution in [1.82, 2.24) is 4.90 Å². The van der Waals surface area contributed by atoms with Gasteiger partial charge in [-0.15, -0.1) is 0 Å². The van der Waals surface area contributed by atoms with E-state index >= 15 is 0 Å². The van der Waals surface area contributed by atoms with Gasteiger partial charge in [0.05, 0.1) is 0 Å². The molecule has 90 valence electrons. The summed E-state index contributed by atoms with van der Waals surface area (Å²) < 4.78 is 0. The third-order valence-electron chi connectivity index (χ3n) is 5.03. The van der Waals surface area contributed by atoms with Crippen molar-refractivity contribution >= 4 is 5.78 Å². The van der Waals surface area contributed by atoms with Gasteiger partial charge < -0.3 is 0 Å². The van der Waals surface area contributed by atoms with Gasteiger partial charge in [0.25, 0.3) is 0 Å². The van der Waals surface area contributed by atoms with Crippen LogP contribution < -0.4 is 0 Å². The van der Waals surface area contributed by atoms with Gasteiger partial charge in [0.2, 0.25) is 0 Å². The second-order valence-corrected chi connectivity index (χ2v) is 5.91. The van der Waals surface area contributed by atoms with E-state index in [2.05, 4.69) is 4.90 Å². The van der Waals surface area contributed by atoms with Gasteiger partial charge in [-0.05, 0) is 44.6 Å². The molecule has 1 heterocycles. The highest BCUT2D eigenvalue weighted by Crippen LogP contribution is 2.39. The van der Waals surface area contributed by atoms with Crippen LogP contribution in [-0.4, -0.2) is 29.3 Å². The van der Waals surface area contributed by atoms with Crippen LogP contribution in [0.4, 0.5) is 0 Å². The second kappa shape index (κ2) is 4.48. The van der Waals surface area contributed by atoms with Crippen LogP contribution in [-0.2, 0) is 4.79 Å². The average molecular weight is 221 g/mol. The Bertz CT molecular complexity index is 266. The molecule has 0 N–H and O–H groups in total. The summed E-state index contributed by atoms with van der Waals surface area (Å²) in [5.41, 5.74) is 0. The van der Waals surface area contributed by atoms with Gasteiger partial charge >= 0.3 is 0 Å². The smallest absolute Gasteiger partial charge is 0.133 e. The predicted octanol–water partition coefficient (Wildman–Crippen LogP) is 2.76. The summed E-state index contributed by atoms with van der Waals surface area (Å²) in [6.07, 6.45) is 11.2. The first-order valence-electron chi connectivity index (χ1n) is 7.12. The summed E-state index contributed by atoms with van der Waals surface area (Å²) >= 11 is 0. The molecule has 0 spiro atoms. The maximum atomic E-state index is 11.3. The van der Waals surface area contributed by atoms with E-state index in [-0.39, 0.29) is 0 Å². The van der Waals surface area contributed by atoms with Crippen LogP contribution in [0.25, 0.3) is 0 Å². The minimum Gasteiger partial charge on any atom is -0.300 e. The molecule has 3 aliphatic rings. The summed E-state index contributed by atoms with van der Waals surface area (Å²) in [6, 6.07) is 1.62. The highest BCUT2D eigenvalue weighted by Gasteiger charge is 2.39. The Morgan fingerprint density at radius 1 is 0.938 bits per heavy atom. The molecule has 0 aromatic rings. The molecule has 0 bridgehead atoms. The van der Waals surface area contributed by atoms with E-state index < -0.39 is 0 Å². The fourth-order valence-corrected chi connectivity index (χ4v) is 4.15. The monoisotopic (exact) mass is 221 g/mol. The summed E-state index contributed by atoms with van der Waals surface area (Å²) in [4.78, 5) is 14.1. The third-order valence-corrected chi connectivity index (χ3v) is 5.03. The number of fused-ring (bicyclic) bond motifs is 1. The van der Waals surface area contributed by atoms with Gasteiger partial charge in [0.15, 0.2) is 0 Å². The highest BCUT2D eigenvalue weighted by molar-refractivity contribution is 5.79. The van der Waals surface area contributed by atoms with Crippen LogP contribution >= 0.6 is 0 Å². The molecule has 1 saturated heterocycles. The maximum Gasteiger partial charge on any atom is 0.133 e. The summed E-state index contributed by atoms with van der Waals surface area (Å²) in [5, 5.41) is 0. The van der Waals surface area contributed by atoms with Crippen molar-refractivity contribution < 1.29 is 4.79 Å². The van der Waals surface area contributed by atoms with E-state index in [1.165, 1.54) is 38.6 Å². The van der Waals surface area contributed by atoms with Crippen LogP contribution in [0.1, 0.15) is 57.8 Å². The van der Waals surface area contributed by atoms with Gasteiger partial charge in [-0.2, -0.15) is 0 Å². The largest absolute Gasteiger partial charge is 0.300 e. The zero-order chi connectivity index (χ0) is 11.0. The molecule has 2 atom stereocenters. The molecule has 2 nitrogen and oxygen atoms in total. The second-order valence-electron chi connectivity index (χ2n) is 5.91. The molecule has 0 aromatic carbocycles. The molecule has 2 unspecified atom stereocenters. The number of carbonyl (C=O) groups is 1. The number of ketones is 1. The van der Waals surface area contributed by atoms with Crippen molar-refractivity contribution in [3.8, 4) is 0 Å². The molecule has 2 heteroatoms. The SMILES string of the molecule is O=C1CCC(N2CCC3CCCCC32)CC1.